The maximum absolute atomic E-state index is 9.60. The molecule has 1 rings (SSSR count). The molecule has 0 saturated heterocycles. The van der Waals surface area contributed by atoms with E-state index < -0.39 is 5.60 Å². The maximum atomic E-state index is 9.60. The fourth-order valence-electron chi connectivity index (χ4n) is 1.63. The first-order chi connectivity index (χ1) is 8.87. The third kappa shape index (κ3) is 7.85. The molecule has 1 aromatic rings. The van der Waals surface area contributed by atoms with E-state index in [0.717, 1.165) is 25.3 Å². The molecule has 0 heterocycles. The van der Waals surface area contributed by atoms with Crippen molar-refractivity contribution in [3.8, 4) is 5.75 Å². The van der Waals surface area contributed by atoms with Crippen LogP contribution in [-0.2, 0) is 6.54 Å². The van der Waals surface area contributed by atoms with E-state index >= 15 is 0 Å². The molecule has 1 aromatic carbocycles. The van der Waals surface area contributed by atoms with Crippen molar-refractivity contribution in [3.05, 3.63) is 29.8 Å². The van der Waals surface area contributed by atoms with Crippen LogP contribution in [0.15, 0.2) is 24.3 Å². The van der Waals surface area contributed by atoms with Crippen LogP contribution < -0.4 is 10.1 Å². The summed E-state index contributed by atoms with van der Waals surface area (Å²) in [5, 5.41) is 12.8. The lowest BCUT2D eigenvalue weighted by atomic mass is 10.1. The van der Waals surface area contributed by atoms with Crippen molar-refractivity contribution < 1.29 is 9.84 Å². The number of hydrogen-bond acceptors (Lipinski definition) is 3. The Bertz CT molecular complexity index is 352. The van der Waals surface area contributed by atoms with E-state index in [1.165, 1.54) is 5.56 Å². The summed E-state index contributed by atoms with van der Waals surface area (Å²) < 4.78 is 5.67. The molecule has 0 aliphatic rings. The normalized spacial score (nSPS) is 11.9. The van der Waals surface area contributed by atoms with Gasteiger partial charge in [0.1, 0.15) is 5.75 Å². The average Bonchev–Trinajstić information content (AvgIpc) is 2.29. The third-order valence-electron chi connectivity index (χ3n) is 2.77. The molecule has 0 bridgehead atoms. The van der Waals surface area contributed by atoms with Crippen LogP contribution >= 0.6 is 0 Å². The van der Waals surface area contributed by atoms with Crippen molar-refractivity contribution in [1.29, 1.82) is 0 Å². The Morgan fingerprint density at radius 1 is 1.21 bits per heavy atom. The number of nitrogens with one attached hydrogen (secondary N) is 1. The molecule has 108 valence electrons. The monoisotopic (exact) mass is 265 g/mol. The molecule has 0 aliphatic heterocycles. The molecular formula is C16H27NO2. The van der Waals surface area contributed by atoms with Crippen LogP contribution in [0.1, 0.15) is 39.7 Å². The van der Waals surface area contributed by atoms with E-state index in [9.17, 15) is 5.11 Å². The van der Waals surface area contributed by atoms with E-state index in [1.807, 2.05) is 12.1 Å². The summed E-state index contributed by atoms with van der Waals surface area (Å²) in [6.07, 6.45) is 1.08. The van der Waals surface area contributed by atoms with Gasteiger partial charge in [-0.05, 0) is 43.9 Å². The molecule has 3 heteroatoms. The van der Waals surface area contributed by atoms with Gasteiger partial charge in [0, 0.05) is 13.1 Å². The van der Waals surface area contributed by atoms with Gasteiger partial charge in [0.15, 0.2) is 0 Å². The predicted molar refractivity (Wildman–Crippen MR) is 79.4 cm³/mol. The van der Waals surface area contributed by atoms with Crippen LogP contribution in [-0.4, -0.2) is 23.9 Å². The Kier molecular flexibility index (Phi) is 6.32. The summed E-state index contributed by atoms with van der Waals surface area (Å²) in [7, 11) is 0. The van der Waals surface area contributed by atoms with Crippen LogP contribution in [0.2, 0.25) is 0 Å². The first-order valence-corrected chi connectivity index (χ1v) is 7.01. The van der Waals surface area contributed by atoms with Gasteiger partial charge in [-0.3, -0.25) is 0 Å². The average molecular weight is 265 g/mol. The molecule has 0 atom stereocenters. The van der Waals surface area contributed by atoms with Gasteiger partial charge in [-0.15, -0.1) is 0 Å². The van der Waals surface area contributed by atoms with Crippen LogP contribution in [0.3, 0.4) is 0 Å². The van der Waals surface area contributed by atoms with E-state index in [-0.39, 0.29) is 0 Å². The smallest absolute Gasteiger partial charge is 0.119 e. The van der Waals surface area contributed by atoms with Gasteiger partial charge in [-0.2, -0.15) is 0 Å². The third-order valence-corrected chi connectivity index (χ3v) is 2.77. The summed E-state index contributed by atoms with van der Waals surface area (Å²) in [6, 6.07) is 8.12. The summed E-state index contributed by atoms with van der Waals surface area (Å²) in [4.78, 5) is 0. The van der Waals surface area contributed by atoms with E-state index in [1.54, 1.807) is 13.8 Å². The van der Waals surface area contributed by atoms with Gasteiger partial charge >= 0.3 is 0 Å². The zero-order valence-corrected chi connectivity index (χ0v) is 12.6. The van der Waals surface area contributed by atoms with Gasteiger partial charge in [0.05, 0.1) is 12.2 Å². The minimum Gasteiger partial charge on any atom is -0.494 e. The molecule has 19 heavy (non-hydrogen) atoms. The topological polar surface area (TPSA) is 41.5 Å². The molecule has 0 saturated carbocycles. The van der Waals surface area contributed by atoms with E-state index in [4.69, 9.17) is 4.74 Å². The zero-order chi connectivity index (χ0) is 14.3. The van der Waals surface area contributed by atoms with Crippen molar-refractivity contribution >= 4 is 0 Å². The van der Waals surface area contributed by atoms with Gasteiger partial charge in [-0.25, -0.2) is 0 Å². The standard InChI is InChI=1S/C16H27NO2/c1-13(2)9-10-19-15-7-5-14(6-8-15)11-17-12-16(3,4)18/h5-8,13,17-18H,9-12H2,1-4H3. The quantitative estimate of drug-likeness (QED) is 0.759. The number of rotatable bonds is 8. The number of benzene rings is 1. The zero-order valence-electron chi connectivity index (χ0n) is 12.6. The lowest BCUT2D eigenvalue weighted by Gasteiger charge is -2.17. The second-order valence-electron chi connectivity index (χ2n) is 6.09. The van der Waals surface area contributed by atoms with E-state index in [0.29, 0.717) is 12.5 Å². The fraction of sp³-hybridized carbons (Fsp3) is 0.625. The Labute approximate surface area is 117 Å². The predicted octanol–water partition coefficient (Wildman–Crippen LogP) is 2.97. The van der Waals surface area contributed by atoms with Gasteiger partial charge in [0.2, 0.25) is 0 Å². The molecule has 0 aromatic heterocycles. The van der Waals surface area contributed by atoms with Gasteiger partial charge in [-0.1, -0.05) is 26.0 Å². The Balaban J connectivity index is 2.31. The highest BCUT2D eigenvalue weighted by Crippen LogP contribution is 2.13. The van der Waals surface area contributed by atoms with Crippen LogP contribution in [0.4, 0.5) is 0 Å². The molecule has 0 radical (unpaired) electrons. The summed E-state index contributed by atoms with van der Waals surface area (Å²) in [5.74, 6) is 1.59. The highest BCUT2D eigenvalue weighted by atomic mass is 16.5. The maximum Gasteiger partial charge on any atom is 0.119 e. The minimum atomic E-state index is -0.667. The first-order valence-electron chi connectivity index (χ1n) is 7.01. The molecule has 2 N–H and O–H groups in total. The summed E-state index contributed by atoms with van der Waals surface area (Å²) in [5.41, 5.74) is 0.528. The van der Waals surface area contributed by atoms with Crippen molar-refractivity contribution in [2.45, 2.75) is 46.3 Å². The van der Waals surface area contributed by atoms with Crippen LogP contribution in [0, 0.1) is 5.92 Å². The molecule has 0 amide bonds. The summed E-state index contributed by atoms with van der Waals surface area (Å²) in [6.45, 7) is 10.1. The number of hydrogen-bond donors (Lipinski definition) is 2. The first kappa shape index (κ1) is 16.0. The Hall–Kier alpha value is -1.06. The second kappa shape index (κ2) is 7.51. The SMILES string of the molecule is CC(C)CCOc1ccc(CNCC(C)(C)O)cc1. The molecule has 0 spiro atoms. The number of ether oxygens (including phenoxy) is 1. The Morgan fingerprint density at radius 3 is 2.37 bits per heavy atom. The summed E-state index contributed by atoms with van der Waals surface area (Å²) >= 11 is 0. The largest absolute Gasteiger partial charge is 0.494 e. The Morgan fingerprint density at radius 2 is 1.84 bits per heavy atom. The minimum absolute atomic E-state index is 0.583. The molecule has 3 nitrogen and oxygen atoms in total. The lowest BCUT2D eigenvalue weighted by molar-refractivity contribution is 0.0795. The van der Waals surface area contributed by atoms with Gasteiger partial charge in [0.25, 0.3) is 0 Å². The molecule has 0 fully saturated rings. The molecule has 0 unspecified atom stereocenters. The van der Waals surface area contributed by atoms with Crippen LogP contribution in [0.25, 0.3) is 0 Å². The highest BCUT2D eigenvalue weighted by molar-refractivity contribution is 5.27. The molecular weight excluding hydrogens is 238 g/mol. The van der Waals surface area contributed by atoms with Gasteiger partial charge < -0.3 is 15.2 Å². The van der Waals surface area contributed by atoms with Crippen molar-refractivity contribution in [1.82, 2.24) is 5.32 Å². The van der Waals surface area contributed by atoms with Crippen molar-refractivity contribution in [2.75, 3.05) is 13.2 Å². The second-order valence-corrected chi connectivity index (χ2v) is 6.09. The van der Waals surface area contributed by atoms with Crippen molar-refractivity contribution in [2.24, 2.45) is 5.92 Å². The number of aliphatic hydroxyl groups is 1. The van der Waals surface area contributed by atoms with E-state index in [2.05, 4.69) is 31.3 Å². The highest BCUT2D eigenvalue weighted by Gasteiger charge is 2.10. The lowest BCUT2D eigenvalue weighted by Crippen LogP contribution is -2.34. The van der Waals surface area contributed by atoms with Crippen LogP contribution in [0.5, 0.6) is 5.75 Å². The molecule has 0 aliphatic carbocycles. The van der Waals surface area contributed by atoms with Crippen molar-refractivity contribution in [3.63, 3.8) is 0 Å². The fourth-order valence-corrected chi connectivity index (χ4v) is 1.63.